The number of rotatable bonds is 4. The van der Waals surface area contributed by atoms with Crippen LogP contribution in [0.5, 0.6) is 0 Å². The van der Waals surface area contributed by atoms with Gasteiger partial charge >= 0.3 is 12.2 Å². The van der Waals surface area contributed by atoms with Crippen molar-refractivity contribution in [1.82, 2.24) is 24.4 Å². The number of nitrogens with zero attached hydrogens (tertiary/aromatic N) is 5. The van der Waals surface area contributed by atoms with E-state index in [0.717, 1.165) is 37.4 Å². The second kappa shape index (κ2) is 10.4. The van der Waals surface area contributed by atoms with E-state index in [2.05, 4.69) is 25.6 Å². The average Bonchev–Trinajstić information content (AvgIpc) is 3.30. The monoisotopic (exact) mass is 556 g/mol. The maximum atomic E-state index is 15.1. The van der Waals surface area contributed by atoms with Crippen LogP contribution in [0, 0.1) is 5.82 Å². The molecule has 0 spiro atoms. The summed E-state index contributed by atoms with van der Waals surface area (Å²) in [5, 5.41) is 8.75. The van der Waals surface area contributed by atoms with Crippen molar-refractivity contribution in [3.8, 4) is 11.1 Å². The van der Waals surface area contributed by atoms with Crippen LogP contribution >= 0.6 is 0 Å². The number of urea groups is 1. The van der Waals surface area contributed by atoms with E-state index in [1.165, 1.54) is 29.0 Å². The number of nitrogens with two attached hydrogens (primary N) is 1. The molecular weight excluding hydrogens is 532 g/mol. The minimum atomic E-state index is -4.58. The lowest BCUT2D eigenvalue weighted by atomic mass is 10.1. The summed E-state index contributed by atoms with van der Waals surface area (Å²) in [7, 11) is 1.97. The number of nitrogen functional groups attached to an aromatic ring is 1. The summed E-state index contributed by atoms with van der Waals surface area (Å²) in [5.41, 5.74) is 6.17. The largest absolute Gasteiger partial charge is 0.416 e. The van der Waals surface area contributed by atoms with Crippen molar-refractivity contribution in [3.05, 3.63) is 71.9 Å². The van der Waals surface area contributed by atoms with Crippen LogP contribution in [0.4, 0.5) is 39.5 Å². The topological polar surface area (TPSA) is 121 Å². The molecule has 14 heteroatoms. The highest BCUT2D eigenvalue weighted by Gasteiger charge is 2.30. The van der Waals surface area contributed by atoms with Crippen LogP contribution in [0.3, 0.4) is 0 Å². The number of aromatic nitrogens is 3. The summed E-state index contributed by atoms with van der Waals surface area (Å²) in [6.07, 6.45) is -3.35. The highest BCUT2D eigenvalue weighted by atomic mass is 19.4. The first-order valence-electron chi connectivity index (χ1n) is 12.2. The van der Waals surface area contributed by atoms with Gasteiger partial charge in [0.05, 0.1) is 11.3 Å². The summed E-state index contributed by atoms with van der Waals surface area (Å²) < 4.78 is 55.3. The zero-order valence-corrected chi connectivity index (χ0v) is 21.2. The van der Waals surface area contributed by atoms with E-state index in [4.69, 9.17) is 5.73 Å². The van der Waals surface area contributed by atoms with Gasteiger partial charge in [0.2, 0.25) is 0 Å². The Kier molecular flexibility index (Phi) is 7.02. The van der Waals surface area contributed by atoms with Gasteiger partial charge in [0.15, 0.2) is 5.82 Å². The molecule has 0 saturated carbocycles. The van der Waals surface area contributed by atoms with Gasteiger partial charge < -0.3 is 26.2 Å². The quantitative estimate of drug-likeness (QED) is 0.325. The maximum Gasteiger partial charge on any atom is 0.416 e. The Labute approximate surface area is 225 Å². The lowest BCUT2D eigenvalue weighted by Gasteiger charge is -2.32. The SMILES string of the molecule is CN1CCN(C(=O)c2cc(-c3ccc(NC(=O)Nc4cccc(C(F)(F)F)c4)c(F)c3)c3c(N)ncnn23)CC1. The summed E-state index contributed by atoms with van der Waals surface area (Å²) in [5.74, 6) is -0.985. The van der Waals surface area contributed by atoms with E-state index < -0.39 is 23.6 Å². The normalized spacial score (nSPS) is 14.4. The summed E-state index contributed by atoms with van der Waals surface area (Å²) in [4.78, 5) is 33.5. The Morgan fingerprint density at radius 3 is 2.45 bits per heavy atom. The average molecular weight is 557 g/mol. The third kappa shape index (κ3) is 5.38. The summed E-state index contributed by atoms with van der Waals surface area (Å²) in [6, 6.07) is 8.65. The molecule has 0 atom stereocenters. The zero-order valence-electron chi connectivity index (χ0n) is 21.2. The summed E-state index contributed by atoms with van der Waals surface area (Å²) >= 11 is 0. The Hall–Kier alpha value is -4.72. The fraction of sp³-hybridized carbons (Fsp3) is 0.231. The number of anilines is 3. The highest BCUT2D eigenvalue weighted by molar-refractivity contribution is 6.01. The fourth-order valence-corrected chi connectivity index (χ4v) is 4.45. The molecule has 208 valence electrons. The van der Waals surface area contributed by atoms with Crippen molar-refractivity contribution in [2.75, 3.05) is 49.6 Å². The molecule has 1 fully saturated rings. The van der Waals surface area contributed by atoms with Crippen molar-refractivity contribution >= 4 is 34.6 Å². The molecule has 0 bridgehead atoms. The maximum absolute atomic E-state index is 15.1. The highest BCUT2D eigenvalue weighted by Crippen LogP contribution is 2.33. The molecular formula is C26H24F4N8O2. The second-order valence-electron chi connectivity index (χ2n) is 9.30. The van der Waals surface area contributed by atoms with Crippen LogP contribution in [-0.4, -0.2) is 69.6 Å². The van der Waals surface area contributed by atoms with Gasteiger partial charge in [-0.05, 0) is 49.0 Å². The standard InChI is InChI=1S/C26H24F4N8O2/c1-36-7-9-37(10-8-36)24(39)21-13-18(22-23(31)32-14-33-38(21)22)15-5-6-20(19(27)11-15)35-25(40)34-17-4-2-3-16(12-17)26(28,29)30/h2-6,11-14H,7-10H2,1H3,(H2,31,32,33)(H2,34,35,40). The number of piperazine rings is 1. The molecule has 2 aromatic carbocycles. The van der Waals surface area contributed by atoms with Gasteiger partial charge in [-0.1, -0.05) is 12.1 Å². The van der Waals surface area contributed by atoms with Crippen LogP contribution in [0.1, 0.15) is 16.1 Å². The van der Waals surface area contributed by atoms with Crippen LogP contribution < -0.4 is 16.4 Å². The number of nitrogens with one attached hydrogen (secondary N) is 2. The van der Waals surface area contributed by atoms with Gasteiger partial charge in [0.1, 0.15) is 23.4 Å². The number of benzene rings is 2. The van der Waals surface area contributed by atoms with E-state index in [-0.39, 0.29) is 28.8 Å². The number of hydrogen-bond acceptors (Lipinski definition) is 6. The minimum Gasteiger partial charge on any atom is -0.382 e. The number of hydrogen-bond donors (Lipinski definition) is 3. The number of fused-ring (bicyclic) bond motifs is 1. The number of halogens is 4. The number of amides is 3. The molecule has 0 unspecified atom stereocenters. The first-order valence-corrected chi connectivity index (χ1v) is 12.2. The first-order chi connectivity index (χ1) is 19.0. The first kappa shape index (κ1) is 26.9. The molecule has 3 amide bonds. The molecule has 5 rings (SSSR count). The predicted molar refractivity (Wildman–Crippen MR) is 140 cm³/mol. The number of alkyl halides is 3. The number of likely N-dealkylation sites (N-methyl/N-ethyl adjacent to an activating group) is 1. The zero-order chi connectivity index (χ0) is 28.6. The van der Waals surface area contributed by atoms with E-state index in [0.29, 0.717) is 29.7 Å². The lowest BCUT2D eigenvalue weighted by Crippen LogP contribution is -2.47. The van der Waals surface area contributed by atoms with Gasteiger partial charge in [-0.15, -0.1) is 0 Å². The van der Waals surface area contributed by atoms with E-state index in [1.807, 2.05) is 7.05 Å². The molecule has 3 heterocycles. The molecule has 10 nitrogen and oxygen atoms in total. The van der Waals surface area contributed by atoms with E-state index >= 15 is 4.39 Å². The van der Waals surface area contributed by atoms with Crippen molar-refractivity contribution < 1.29 is 27.2 Å². The van der Waals surface area contributed by atoms with Gasteiger partial charge in [-0.2, -0.15) is 18.3 Å². The Balaban J connectivity index is 1.40. The van der Waals surface area contributed by atoms with Crippen LogP contribution in [0.15, 0.2) is 54.9 Å². The fourth-order valence-electron chi connectivity index (χ4n) is 4.45. The van der Waals surface area contributed by atoms with E-state index in [1.54, 1.807) is 11.0 Å². The summed E-state index contributed by atoms with van der Waals surface area (Å²) in [6.45, 7) is 2.52. The molecule has 0 radical (unpaired) electrons. The Bertz CT molecular complexity index is 1600. The number of carbonyl (C=O) groups excluding carboxylic acids is 2. The lowest BCUT2D eigenvalue weighted by molar-refractivity contribution is -0.137. The van der Waals surface area contributed by atoms with Gasteiger partial charge in [0.25, 0.3) is 5.91 Å². The second-order valence-corrected chi connectivity index (χ2v) is 9.30. The molecule has 1 saturated heterocycles. The molecule has 4 N–H and O–H groups in total. The third-order valence-corrected chi connectivity index (χ3v) is 6.57. The van der Waals surface area contributed by atoms with Crippen LogP contribution in [-0.2, 0) is 6.18 Å². The molecule has 1 aliphatic rings. The number of carbonyl (C=O) groups is 2. The van der Waals surface area contributed by atoms with Crippen molar-refractivity contribution in [2.24, 2.45) is 0 Å². The predicted octanol–water partition coefficient (Wildman–Crippen LogP) is 4.17. The van der Waals surface area contributed by atoms with Crippen molar-refractivity contribution in [1.29, 1.82) is 0 Å². The van der Waals surface area contributed by atoms with Gasteiger partial charge in [-0.25, -0.2) is 18.7 Å². The Morgan fingerprint density at radius 2 is 1.75 bits per heavy atom. The molecule has 40 heavy (non-hydrogen) atoms. The molecule has 0 aliphatic carbocycles. The third-order valence-electron chi connectivity index (χ3n) is 6.57. The minimum absolute atomic E-state index is 0.0884. The molecule has 2 aromatic heterocycles. The van der Waals surface area contributed by atoms with Crippen molar-refractivity contribution in [2.45, 2.75) is 6.18 Å². The van der Waals surface area contributed by atoms with Gasteiger partial charge in [-0.3, -0.25) is 4.79 Å². The van der Waals surface area contributed by atoms with Gasteiger partial charge in [0, 0.05) is 37.4 Å². The van der Waals surface area contributed by atoms with Crippen LogP contribution in [0.2, 0.25) is 0 Å². The van der Waals surface area contributed by atoms with Crippen LogP contribution in [0.25, 0.3) is 16.6 Å². The smallest absolute Gasteiger partial charge is 0.382 e. The molecule has 4 aromatic rings. The molecule has 1 aliphatic heterocycles. The van der Waals surface area contributed by atoms with Crippen molar-refractivity contribution in [3.63, 3.8) is 0 Å². The Morgan fingerprint density at radius 1 is 1.00 bits per heavy atom. The van der Waals surface area contributed by atoms with E-state index in [9.17, 15) is 22.8 Å².